The number of aryl methyl sites for hydroxylation is 2. The van der Waals surface area contributed by atoms with Crippen LogP contribution in [0, 0.1) is 0 Å². The van der Waals surface area contributed by atoms with Crippen LogP contribution in [0.25, 0.3) is 0 Å². The van der Waals surface area contributed by atoms with Crippen LogP contribution in [-0.2, 0) is 12.8 Å². The van der Waals surface area contributed by atoms with Crippen LogP contribution in [0.15, 0.2) is 17.2 Å². The molecule has 0 unspecified atom stereocenters. The molecule has 4 rings (SSSR count). The quantitative estimate of drug-likeness (QED) is 0.875. The van der Waals surface area contributed by atoms with E-state index in [4.69, 9.17) is 0 Å². The molecule has 2 aromatic rings. The highest BCUT2D eigenvalue weighted by Crippen LogP contribution is 2.30. The number of nitrogens with one attached hydrogen (secondary N) is 2. The van der Waals surface area contributed by atoms with Crippen molar-refractivity contribution in [1.82, 2.24) is 25.1 Å². The van der Waals surface area contributed by atoms with Crippen molar-refractivity contribution in [3.8, 4) is 0 Å². The Balaban J connectivity index is 1.67. The number of amides is 1. The van der Waals surface area contributed by atoms with Gasteiger partial charge >= 0.3 is 0 Å². The van der Waals surface area contributed by atoms with Crippen molar-refractivity contribution in [3.63, 3.8) is 0 Å². The Labute approximate surface area is 133 Å². The predicted molar refractivity (Wildman–Crippen MR) is 83.1 cm³/mol. The van der Waals surface area contributed by atoms with E-state index in [1.165, 1.54) is 6.33 Å². The Hall–Kier alpha value is -2.44. The summed E-state index contributed by atoms with van der Waals surface area (Å²) in [5.41, 5.74) is 2.07. The minimum absolute atomic E-state index is 0.125. The summed E-state index contributed by atoms with van der Waals surface area (Å²) in [5, 5.41) is 6.71. The molecule has 0 bridgehead atoms. The third-order valence-corrected chi connectivity index (χ3v) is 4.83. The number of hydrogen-bond donors (Lipinski definition) is 2. The van der Waals surface area contributed by atoms with Gasteiger partial charge in [-0.3, -0.25) is 14.7 Å². The van der Waals surface area contributed by atoms with Crippen molar-refractivity contribution in [2.24, 2.45) is 0 Å². The Morgan fingerprint density at radius 3 is 2.96 bits per heavy atom. The highest BCUT2D eigenvalue weighted by Gasteiger charge is 2.33. The summed E-state index contributed by atoms with van der Waals surface area (Å²) in [6, 6.07) is 1.67. The Kier molecular flexibility index (Phi) is 3.48. The third-order valence-electron chi connectivity index (χ3n) is 4.83. The molecule has 0 aromatic carbocycles. The number of carbonyl (C=O) groups excluding carboxylic acids is 1. The predicted octanol–water partition coefficient (Wildman–Crippen LogP) is 1.35. The van der Waals surface area contributed by atoms with Gasteiger partial charge in [0.15, 0.2) is 0 Å². The van der Waals surface area contributed by atoms with Crippen LogP contribution in [0.2, 0.25) is 0 Å². The minimum atomic E-state index is -0.279. The molecule has 3 heterocycles. The van der Waals surface area contributed by atoms with Crippen LogP contribution in [-0.4, -0.2) is 37.5 Å². The van der Waals surface area contributed by atoms with Crippen molar-refractivity contribution < 1.29 is 4.79 Å². The molecule has 120 valence electrons. The molecular weight excluding hydrogens is 294 g/mol. The van der Waals surface area contributed by atoms with E-state index in [1.807, 2.05) is 0 Å². The minimum Gasteiger partial charge on any atom is -0.328 e. The van der Waals surface area contributed by atoms with E-state index in [2.05, 4.69) is 20.2 Å². The van der Waals surface area contributed by atoms with Crippen LogP contribution in [0.4, 0.5) is 0 Å². The average Bonchev–Trinajstić information content (AvgIpc) is 3.24. The Morgan fingerprint density at radius 2 is 2.13 bits per heavy atom. The SMILES string of the molecule is O=C(c1cc2c([nH]c1=O)CCCC2)N1CCC[C@H]1c1ncn[nH]1. The zero-order chi connectivity index (χ0) is 15.8. The number of pyridine rings is 1. The van der Waals surface area contributed by atoms with E-state index >= 15 is 0 Å². The maximum Gasteiger partial charge on any atom is 0.261 e. The summed E-state index contributed by atoms with van der Waals surface area (Å²) in [6.07, 6.45) is 7.21. The van der Waals surface area contributed by atoms with Gasteiger partial charge in [-0.1, -0.05) is 0 Å². The fraction of sp³-hybridized carbons (Fsp3) is 0.500. The molecule has 2 aromatic heterocycles. The number of H-pyrrole nitrogens is 2. The van der Waals surface area contributed by atoms with Gasteiger partial charge in [0.1, 0.15) is 17.7 Å². The number of nitrogens with zero attached hydrogens (tertiary/aromatic N) is 3. The van der Waals surface area contributed by atoms with E-state index in [0.29, 0.717) is 12.4 Å². The zero-order valence-corrected chi connectivity index (χ0v) is 12.8. The molecule has 1 atom stereocenters. The van der Waals surface area contributed by atoms with Crippen LogP contribution in [0.5, 0.6) is 0 Å². The maximum atomic E-state index is 12.9. The van der Waals surface area contributed by atoms with Crippen LogP contribution >= 0.6 is 0 Å². The summed E-state index contributed by atoms with van der Waals surface area (Å²) in [7, 11) is 0. The lowest BCUT2D eigenvalue weighted by Gasteiger charge is -2.23. The molecule has 7 heteroatoms. The van der Waals surface area contributed by atoms with E-state index in [0.717, 1.165) is 49.8 Å². The summed E-state index contributed by atoms with van der Waals surface area (Å²) in [4.78, 5) is 34.1. The first-order valence-corrected chi connectivity index (χ1v) is 8.15. The Bertz CT molecular complexity index is 780. The number of fused-ring (bicyclic) bond motifs is 1. The molecule has 1 fully saturated rings. The molecule has 23 heavy (non-hydrogen) atoms. The monoisotopic (exact) mass is 313 g/mol. The van der Waals surface area contributed by atoms with E-state index < -0.39 is 0 Å². The van der Waals surface area contributed by atoms with Crippen LogP contribution < -0.4 is 5.56 Å². The number of rotatable bonds is 2. The third kappa shape index (κ3) is 2.46. The highest BCUT2D eigenvalue weighted by molar-refractivity contribution is 5.94. The molecule has 2 aliphatic rings. The molecule has 2 N–H and O–H groups in total. The smallest absolute Gasteiger partial charge is 0.261 e. The lowest BCUT2D eigenvalue weighted by atomic mass is 9.95. The van der Waals surface area contributed by atoms with Crippen molar-refractivity contribution in [2.75, 3.05) is 6.54 Å². The fourth-order valence-corrected chi connectivity index (χ4v) is 3.66. The second-order valence-electron chi connectivity index (χ2n) is 6.25. The van der Waals surface area contributed by atoms with Crippen molar-refractivity contribution in [3.05, 3.63) is 45.4 Å². The fourth-order valence-electron chi connectivity index (χ4n) is 3.66. The topological polar surface area (TPSA) is 94.7 Å². The molecule has 1 amide bonds. The van der Waals surface area contributed by atoms with Gasteiger partial charge in [0.2, 0.25) is 0 Å². The molecule has 1 saturated heterocycles. The normalized spacial score (nSPS) is 20.5. The zero-order valence-electron chi connectivity index (χ0n) is 12.8. The van der Waals surface area contributed by atoms with Gasteiger partial charge in [-0.15, -0.1) is 0 Å². The van der Waals surface area contributed by atoms with Gasteiger partial charge in [0.05, 0.1) is 6.04 Å². The molecule has 7 nitrogen and oxygen atoms in total. The molecule has 0 spiro atoms. The number of aromatic amines is 2. The second-order valence-corrected chi connectivity index (χ2v) is 6.25. The van der Waals surface area contributed by atoms with Gasteiger partial charge < -0.3 is 9.88 Å². The first kappa shape index (κ1) is 14.2. The van der Waals surface area contributed by atoms with Gasteiger partial charge in [-0.2, -0.15) is 5.10 Å². The molecular formula is C16H19N5O2. The summed E-state index contributed by atoms with van der Waals surface area (Å²) < 4.78 is 0. The second kappa shape index (κ2) is 5.64. The van der Waals surface area contributed by atoms with Crippen molar-refractivity contribution >= 4 is 5.91 Å². The van der Waals surface area contributed by atoms with Crippen LogP contribution in [0.3, 0.4) is 0 Å². The van der Waals surface area contributed by atoms with Gasteiger partial charge in [-0.05, 0) is 50.2 Å². The number of carbonyl (C=O) groups is 1. The van der Waals surface area contributed by atoms with Gasteiger partial charge in [-0.25, -0.2) is 4.98 Å². The summed E-state index contributed by atoms with van der Waals surface area (Å²) in [5.74, 6) is 0.476. The molecule has 0 radical (unpaired) electrons. The van der Waals surface area contributed by atoms with E-state index in [1.54, 1.807) is 11.0 Å². The molecule has 1 aliphatic heterocycles. The largest absolute Gasteiger partial charge is 0.328 e. The molecule has 0 saturated carbocycles. The van der Waals surface area contributed by atoms with Crippen molar-refractivity contribution in [2.45, 2.75) is 44.6 Å². The Morgan fingerprint density at radius 1 is 1.26 bits per heavy atom. The average molecular weight is 313 g/mol. The van der Waals surface area contributed by atoms with E-state index in [9.17, 15) is 9.59 Å². The number of hydrogen-bond acceptors (Lipinski definition) is 4. The summed E-state index contributed by atoms with van der Waals surface area (Å²) in [6.45, 7) is 0.640. The lowest BCUT2D eigenvalue weighted by molar-refractivity contribution is 0.0728. The van der Waals surface area contributed by atoms with Gasteiger partial charge in [0.25, 0.3) is 11.5 Å². The molecule has 1 aliphatic carbocycles. The van der Waals surface area contributed by atoms with Crippen LogP contribution in [0.1, 0.15) is 59.2 Å². The van der Waals surface area contributed by atoms with E-state index in [-0.39, 0.29) is 23.1 Å². The number of aromatic nitrogens is 4. The van der Waals surface area contributed by atoms with Crippen molar-refractivity contribution in [1.29, 1.82) is 0 Å². The standard InChI is InChI=1S/C16H19N5O2/c22-15-11(8-10-4-1-2-5-12(10)19-15)16(23)21-7-3-6-13(21)14-17-9-18-20-14/h8-9,13H,1-7H2,(H,19,22)(H,17,18,20)/t13-/m0/s1. The first-order chi connectivity index (χ1) is 11.2. The lowest BCUT2D eigenvalue weighted by Crippen LogP contribution is -2.35. The first-order valence-electron chi connectivity index (χ1n) is 8.15. The highest BCUT2D eigenvalue weighted by atomic mass is 16.2. The van der Waals surface area contributed by atoms with Gasteiger partial charge in [0, 0.05) is 12.2 Å². The maximum absolute atomic E-state index is 12.9. The number of likely N-dealkylation sites (tertiary alicyclic amines) is 1. The summed E-state index contributed by atoms with van der Waals surface area (Å²) >= 11 is 0.